The summed E-state index contributed by atoms with van der Waals surface area (Å²) >= 11 is 1.76. The Labute approximate surface area is 145 Å². The lowest BCUT2D eigenvalue weighted by atomic mass is 10.1. The predicted octanol–water partition coefficient (Wildman–Crippen LogP) is 3.66. The summed E-state index contributed by atoms with van der Waals surface area (Å²) in [6, 6.07) is 10.3. The lowest BCUT2D eigenvalue weighted by Gasteiger charge is -2.06. The molecule has 0 atom stereocenters. The van der Waals surface area contributed by atoms with Gasteiger partial charge in [0.15, 0.2) is 0 Å². The van der Waals surface area contributed by atoms with Gasteiger partial charge in [0.25, 0.3) is 5.56 Å². The topological polar surface area (TPSA) is 57.8 Å². The fraction of sp³-hybridized carbons (Fsp3) is 0.263. The highest BCUT2D eigenvalue weighted by Gasteiger charge is 2.09. The summed E-state index contributed by atoms with van der Waals surface area (Å²) in [4.78, 5) is 21.4. The van der Waals surface area contributed by atoms with Crippen LogP contribution in [0.5, 0.6) is 0 Å². The molecule has 2 N–H and O–H groups in total. The van der Waals surface area contributed by atoms with Crippen LogP contribution in [0.1, 0.15) is 28.6 Å². The van der Waals surface area contributed by atoms with Crippen LogP contribution >= 0.6 is 11.3 Å². The maximum Gasteiger partial charge on any atom is 0.251 e. The SMILES string of the molecule is CCc1cc(-c2ccc(CNCc3cccnc3)s2)c(C)[nH]c1=O. The van der Waals surface area contributed by atoms with E-state index in [1.807, 2.05) is 32.2 Å². The van der Waals surface area contributed by atoms with Gasteiger partial charge in [0.1, 0.15) is 0 Å². The Morgan fingerprint density at radius 1 is 1.25 bits per heavy atom. The lowest BCUT2D eigenvalue weighted by Crippen LogP contribution is -2.13. The molecule has 0 aliphatic rings. The van der Waals surface area contributed by atoms with Crippen LogP contribution in [0, 0.1) is 6.92 Å². The minimum absolute atomic E-state index is 0.0219. The average molecular weight is 339 g/mol. The van der Waals surface area contributed by atoms with E-state index in [1.165, 1.54) is 15.3 Å². The monoisotopic (exact) mass is 339 g/mol. The van der Waals surface area contributed by atoms with Gasteiger partial charge in [-0.3, -0.25) is 9.78 Å². The quantitative estimate of drug-likeness (QED) is 0.720. The van der Waals surface area contributed by atoms with Gasteiger partial charge in [-0.15, -0.1) is 11.3 Å². The van der Waals surface area contributed by atoms with E-state index in [4.69, 9.17) is 0 Å². The third-order valence-electron chi connectivity index (χ3n) is 3.97. The van der Waals surface area contributed by atoms with Gasteiger partial charge in [-0.05, 0) is 43.2 Å². The van der Waals surface area contributed by atoms with E-state index in [2.05, 4.69) is 33.5 Å². The van der Waals surface area contributed by atoms with Gasteiger partial charge in [0.05, 0.1) is 0 Å². The maximum atomic E-state index is 11.9. The summed E-state index contributed by atoms with van der Waals surface area (Å²) in [5.74, 6) is 0. The molecule has 0 saturated heterocycles. The lowest BCUT2D eigenvalue weighted by molar-refractivity contribution is 0.699. The summed E-state index contributed by atoms with van der Waals surface area (Å²) < 4.78 is 0. The third kappa shape index (κ3) is 3.80. The normalized spacial score (nSPS) is 10.9. The van der Waals surface area contributed by atoms with Crippen LogP contribution in [0.2, 0.25) is 0 Å². The molecule has 24 heavy (non-hydrogen) atoms. The van der Waals surface area contributed by atoms with Crippen LogP contribution in [0.15, 0.2) is 47.5 Å². The van der Waals surface area contributed by atoms with E-state index in [1.54, 1.807) is 17.5 Å². The van der Waals surface area contributed by atoms with E-state index >= 15 is 0 Å². The van der Waals surface area contributed by atoms with Gasteiger partial charge in [-0.2, -0.15) is 0 Å². The molecule has 0 amide bonds. The summed E-state index contributed by atoms with van der Waals surface area (Å²) in [5.41, 5.74) is 4.08. The summed E-state index contributed by atoms with van der Waals surface area (Å²) in [6.07, 6.45) is 4.41. The summed E-state index contributed by atoms with van der Waals surface area (Å²) in [5, 5.41) is 3.44. The van der Waals surface area contributed by atoms with E-state index in [0.717, 1.165) is 36.3 Å². The Hall–Kier alpha value is -2.24. The molecule has 0 spiro atoms. The molecule has 0 aliphatic heterocycles. The molecule has 0 saturated carbocycles. The number of hydrogen-bond donors (Lipinski definition) is 2. The number of aryl methyl sites for hydroxylation is 2. The molecule has 3 rings (SSSR count). The van der Waals surface area contributed by atoms with Crippen molar-refractivity contribution in [3.05, 3.63) is 74.8 Å². The van der Waals surface area contributed by atoms with Gasteiger partial charge >= 0.3 is 0 Å². The molecular formula is C19H21N3OS. The molecule has 4 nitrogen and oxygen atoms in total. The molecule has 0 fully saturated rings. The predicted molar refractivity (Wildman–Crippen MR) is 99.3 cm³/mol. The van der Waals surface area contributed by atoms with E-state index < -0.39 is 0 Å². The van der Waals surface area contributed by atoms with Crippen molar-refractivity contribution in [1.82, 2.24) is 15.3 Å². The second-order valence-electron chi connectivity index (χ2n) is 5.75. The molecule has 0 aromatic carbocycles. The molecule has 3 heterocycles. The number of aromatic nitrogens is 2. The van der Waals surface area contributed by atoms with Gasteiger partial charge in [0.2, 0.25) is 0 Å². The molecule has 3 aromatic rings. The molecule has 5 heteroatoms. The van der Waals surface area contributed by atoms with Crippen LogP contribution in [0.3, 0.4) is 0 Å². The Morgan fingerprint density at radius 2 is 2.12 bits per heavy atom. The molecule has 0 bridgehead atoms. The standard InChI is InChI=1S/C19H21N3OS/c1-3-15-9-17(13(2)22-19(15)23)18-7-6-16(24-18)12-21-11-14-5-4-8-20-10-14/h4-10,21H,3,11-12H2,1-2H3,(H,22,23). The first-order valence-corrected chi connectivity index (χ1v) is 8.90. The number of hydrogen-bond acceptors (Lipinski definition) is 4. The highest BCUT2D eigenvalue weighted by Crippen LogP contribution is 2.30. The first-order valence-electron chi connectivity index (χ1n) is 8.09. The van der Waals surface area contributed by atoms with Crippen molar-refractivity contribution in [2.45, 2.75) is 33.4 Å². The molecule has 0 unspecified atom stereocenters. The number of thiophene rings is 1. The average Bonchev–Trinajstić information content (AvgIpc) is 3.04. The largest absolute Gasteiger partial charge is 0.326 e. The van der Waals surface area contributed by atoms with Crippen LogP contribution in [0.4, 0.5) is 0 Å². The fourth-order valence-electron chi connectivity index (χ4n) is 2.63. The second kappa shape index (κ2) is 7.55. The molecular weight excluding hydrogens is 318 g/mol. The minimum atomic E-state index is 0.0219. The van der Waals surface area contributed by atoms with Crippen LogP contribution in [0.25, 0.3) is 10.4 Å². The van der Waals surface area contributed by atoms with E-state index in [-0.39, 0.29) is 5.56 Å². The third-order valence-corrected chi connectivity index (χ3v) is 5.09. The molecule has 0 aliphatic carbocycles. The first kappa shape index (κ1) is 16.6. The van der Waals surface area contributed by atoms with Gasteiger partial charge in [-0.25, -0.2) is 0 Å². The van der Waals surface area contributed by atoms with Gasteiger partial charge in [0, 0.05) is 52.1 Å². The van der Waals surface area contributed by atoms with Crippen LogP contribution in [-0.2, 0) is 19.5 Å². The number of nitrogens with one attached hydrogen (secondary N) is 2. The second-order valence-corrected chi connectivity index (χ2v) is 6.92. The van der Waals surface area contributed by atoms with Crippen molar-refractivity contribution in [2.24, 2.45) is 0 Å². The number of aromatic amines is 1. The van der Waals surface area contributed by atoms with E-state index in [0.29, 0.717) is 0 Å². The first-order chi connectivity index (χ1) is 11.7. The van der Waals surface area contributed by atoms with Gasteiger partial charge in [-0.1, -0.05) is 13.0 Å². The van der Waals surface area contributed by atoms with Crippen molar-refractivity contribution in [2.75, 3.05) is 0 Å². The summed E-state index contributed by atoms with van der Waals surface area (Å²) in [6.45, 7) is 5.59. The van der Waals surface area contributed by atoms with Gasteiger partial charge < -0.3 is 10.3 Å². The summed E-state index contributed by atoms with van der Waals surface area (Å²) in [7, 11) is 0. The molecule has 0 radical (unpaired) electrons. The Morgan fingerprint density at radius 3 is 2.88 bits per heavy atom. The highest BCUT2D eigenvalue weighted by molar-refractivity contribution is 7.15. The smallest absolute Gasteiger partial charge is 0.251 e. The number of pyridine rings is 2. The fourth-order valence-corrected chi connectivity index (χ4v) is 3.69. The minimum Gasteiger partial charge on any atom is -0.326 e. The van der Waals surface area contributed by atoms with Crippen molar-refractivity contribution in [3.63, 3.8) is 0 Å². The molecule has 3 aromatic heterocycles. The van der Waals surface area contributed by atoms with E-state index in [9.17, 15) is 4.79 Å². The zero-order valence-electron chi connectivity index (χ0n) is 13.9. The maximum absolute atomic E-state index is 11.9. The number of nitrogens with zero attached hydrogens (tertiary/aromatic N) is 1. The molecule has 124 valence electrons. The van der Waals surface area contributed by atoms with Crippen molar-refractivity contribution < 1.29 is 0 Å². The van der Waals surface area contributed by atoms with Crippen molar-refractivity contribution in [3.8, 4) is 10.4 Å². The van der Waals surface area contributed by atoms with Crippen molar-refractivity contribution in [1.29, 1.82) is 0 Å². The van der Waals surface area contributed by atoms with Crippen LogP contribution < -0.4 is 10.9 Å². The van der Waals surface area contributed by atoms with Crippen LogP contribution in [-0.4, -0.2) is 9.97 Å². The van der Waals surface area contributed by atoms with Crippen molar-refractivity contribution >= 4 is 11.3 Å². The Kier molecular flexibility index (Phi) is 5.23. The Bertz CT molecular complexity index is 868. The zero-order valence-corrected chi connectivity index (χ0v) is 14.7. The Balaban J connectivity index is 1.70. The number of H-pyrrole nitrogens is 1. The number of rotatable bonds is 6. The highest BCUT2D eigenvalue weighted by atomic mass is 32.1. The zero-order chi connectivity index (χ0) is 16.9.